The molecule has 1 amide bonds. The lowest BCUT2D eigenvalue weighted by atomic mass is 9.98. The van der Waals surface area contributed by atoms with Crippen LogP contribution in [-0.4, -0.2) is 51.1 Å². The van der Waals surface area contributed by atoms with Crippen molar-refractivity contribution < 1.29 is 14.3 Å². The Balaban J connectivity index is 1.33. The summed E-state index contributed by atoms with van der Waals surface area (Å²) in [6.45, 7) is 3.58. The van der Waals surface area contributed by atoms with Gasteiger partial charge in [0.05, 0.1) is 5.69 Å². The maximum atomic E-state index is 13.0. The van der Waals surface area contributed by atoms with E-state index in [0.29, 0.717) is 23.7 Å². The number of piperidine rings is 1. The highest BCUT2D eigenvalue weighted by Crippen LogP contribution is 2.35. The first-order valence-corrected chi connectivity index (χ1v) is 10.0. The van der Waals surface area contributed by atoms with Crippen molar-refractivity contribution in [1.29, 1.82) is 0 Å². The highest BCUT2D eigenvalue weighted by molar-refractivity contribution is 7.11. The third kappa shape index (κ3) is 3.11. The predicted molar refractivity (Wildman–Crippen MR) is 103 cm³/mol. The first-order valence-electron chi connectivity index (χ1n) is 9.22. The molecule has 28 heavy (non-hydrogen) atoms. The van der Waals surface area contributed by atoms with Gasteiger partial charge in [-0.2, -0.15) is 5.10 Å². The van der Waals surface area contributed by atoms with Crippen LogP contribution in [0.4, 0.5) is 0 Å². The van der Waals surface area contributed by atoms with Gasteiger partial charge in [0, 0.05) is 24.6 Å². The first kappa shape index (κ1) is 17.2. The fraction of sp³-hybridized carbons (Fsp3) is 0.368. The predicted octanol–water partition coefficient (Wildman–Crippen LogP) is 2.99. The average molecular weight is 397 g/mol. The molecule has 1 aromatic carbocycles. The Morgan fingerprint density at radius 1 is 1.25 bits per heavy atom. The monoisotopic (exact) mass is 397 g/mol. The molecule has 2 aliphatic heterocycles. The maximum absolute atomic E-state index is 13.0. The molecule has 0 aliphatic carbocycles. The lowest BCUT2D eigenvalue weighted by molar-refractivity contribution is 0.0701. The van der Waals surface area contributed by atoms with Crippen molar-refractivity contribution in [2.75, 3.05) is 19.9 Å². The Morgan fingerprint density at radius 2 is 2.14 bits per heavy atom. The number of amides is 1. The number of nitrogens with one attached hydrogen (secondary N) is 1. The van der Waals surface area contributed by atoms with E-state index in [9.17, 15) is 4.79 Å². The molecule has 5 rings (SSSR count). The number of ether oxygens (including phenoxy) is 2. The number of benzene rings is 1. The Morgan fingerprint density at radius 3 is 3.00 bits per heavy atom. The van der Waals surface area contributed by atoms with E-state index in [4.69, 9.17) is 9.47 Å². The number of fused-ring (bicyclic) bond motifs is 1. The van der Waals surface area contributed by atoms with Crippen LogP contribution in [0.15, 0.2) is 24.3 Å². The molecule has 1 saturated heterocycles. The van der Waals surface area contributed by atoms with Crippen molar-refractivity contribution in [2.24, 2.45) is 0 Å². The lowest BCUT2D eigenvalue weighted by Gasteiger charge is -2.31. The SMILES string of the molecule is Cc1nnc(C2CCCN(C(=O)c3cc(-c4ccc5c(c4)OCO5)n[nH]3)C2)s1. The summed E-state index contributed by atoms with van der Waals surface area (Å²) < 4.78 is 10.8. The van der Waals surface area contributed by atoms with Crippen molar-refractivity contribution in [1.82, 2.24) is 25.3 Å². The molecule has 4 heterocycles. The van der Waals surface area contributed by atoms with Crippen LogP contribution in [0.2, 0.25) is 0 Å². The van der Waals surface area contributed by atoms with Gasteiger partial charge in [0.1, 0.15) is 15.7 Å². The van der Waals surface area contributed by atoms with E-state index in [1.807, 2.05) is 30.0 Å². The van der Waals surface area contributed by atoms with Crippen molar-refractivity contribution in [3.63, 3.8) is 0 Å². The number of H-pyrrole nitrogens is 1. The molecule has 1 atom stereocenters. The summed E-state index contributed by atoms with van der Waals surface area (Å²) in [5.41, 5.74) is 2.07. The van der Waals surface area contributed by atoms with Gasteiger partial charge < -0.3 is 14.4 Å². The Labute approximate surface area is 165 Å². The molecule has 8 nitrogen and oxygen atoms in total. The summed E-state index contributed by atoms with van der Waals surface area (Å²) in [6, 6.07) is 7.43. The van der Waals surface area contributed by atoms with Crippen molar-refractivity contribution >= 4 is 17.2 Å². The number of aryl methyl sites for hydroxylation is 1. The molecular formula is C19H19N5O3S. The number of aromatic nitrogens is 4. The van der Waals surface area contributed by atoms with Gasteiger partial charge in [0.15, 0.2) is 11.5 Å². The van der Waals surface area contributed by atoms with E-state index >= 15 is 0 Å². The van der Waals surface area contributed by atoms with Gasteiger partial charge in [-0.3, -0.25) is 9.89 Å². The van der Waals surface area contributed by atoms with Crippen LogP contribution >= 0.6 is 11.3 Å². The van der Waals surface area contributed by atoms with E-state index in [-0.39, 0.29) is 18.6 Å². The summed E-state index contributed by atoms with van der Waals surface area (Å²) in [5.74, 6) is 1.63. The van der Waals surface area contributed by atoms with Crippen molar-refractivity contribution in [3.8, 4) is 22.8 Å². The summed E-state index contributed by atoms with van der Waals surface area (Å²) in [7, 11) is 0. The van der Waals surface area contributed by atoms with E-state index < -0.39 is 0 Å². The van der Waals surface area contributed by atoms with Crippen LogP contribution < -0.4 is 9.47 Å². The normalized spacial score (nSPS) is 18.5. The van der Waals surface area contributed by atoms with E-state index in [0.717, 1.165) is 40.7 Å². The van der Waals surface area contributed by atoms with Crippen molar-refractivity contribution in [2.45, 2.75) is 25.7 Å². The molecule has 3 aromatic rings. The molecule has 2 aromatic heterocycles. The number of hydrogen-bond acceptors (Lipinski definition) is 7. The molecule has 1 fully saturated rings. The molecule has 0 bridgehead atoms. The Bertz CT molecular complexity index is 1030. The second kappa shape index (κ2) is 6.90. The van der Waals surface area contributed by atoms with Gasteiger partial charge in [-0.25, -0.2) is 0 Å². The molecule has 9 heteroatoms. The van der Waals surface area contributed by atoms with E-state index in [1.54, 1.807) is 17.4 Å². The number of hydrogen-bond donors (Lipinski definition) is 1. The first-order chi connectivity index (χ1) is 13.7. The molecule has 1 N–H and O–H groups in total. The van der Waals surface area contributed by atoms with Crippen LogP contribution in [0.5, 0.6) is 11.5 Å². The van der Waals surface area contributed by atoms with Crippen LogP contribution in [0.1, 0.15) is 39.3 Å². The third-order valence-corrected chi connectivity index (χ3v) is 6.08. The number of rotatable bonds is 3. The molecule has 0 saturated carbocycles. The van der Waals surface area contributed by atoms with Gasteiger partial charge in [-0.05, 0) is 44.0 Å². The average Bonchev–Trinajstić information content (AvgIpc) is 3.47. The molecule has 1 unspecified atom stereocenters. The lowest BCUT2D eigenvalue weighted by Crippen LogP contribution is -2.39. The fourth-order valence-electron chi connectivity index (χ4n) is 3.65. The topological polar surface area (TPSA) is 93.2 Å². The zero-order valence-corrected chi connectivity index (χ0v) is 16.2. The Kier molecular flexibility index (Phi) is 4.23. The number of likely N-dealkylation sites (tertiary alicyclic amines) is 1. The standard InChI is InChI=1S/C19H19N5O3S/c1-11-20-23-18(28-11)13-3-2-6-24(9-13)19(25)15-8-14(21-22-15)12-4-5-16-17(7-12)27-10-26-16/h4-5,7-8,13H,2-3,6,9-10H2,1H3,(H,21,22). The number of carbonyl (C=O) groups excluding carboxylic acids is 1. The molecule has 0 spiro atoms. The van der Waals surface area contributed by atoms with Crippen LogP contribution in [0.25, 0.3) is 11.3 Å². The molecule has 2 aliphatic rings. The minimum absolute atomic E-state index is 0.0366. The quantitative estimate of drug-likeness (QED) is 0.730. The van der Waals surface area contributed by atoms with Crippen LogP contribution in [0, 0.1) is 6.92 Å². The zero-order chi connectivity index (χ0) is 19.1. The smallest absolute Gasteiger partial charge is 0.271 e. The van der Waals surface area contributed by atoms with Gasteiger partial charge in [0.25, 0.3) is 5.91 Å². The Hall–Kier alpha value is -2.94. The summed E-state index contributed by atoms with van der Waals surface area (Å²) in [4.78, 5) is 14.9. The zero-order valence-electron chi connectivity index (χ0n) is 15.3. The fourth-order valence-corrected chi connectivity index (χ4v) is 4.47. The number of carbonyl (C=O) groups is 1. The van der Waals surface area contributed by atoms with Gasteiger partial charge in [-0.1, -0.05) is 0 Å². The summed E-state index contributed by atoms with van der Waals surface area (Å²) in [5, 5.41) is 17.6. The van der Waals surface area contributed by atoms with Crippen molar-refractivity contribution in [3.05, 3.63) is 40.0 Å². The van der Waals surface area contributed by atoms with E-state index in [1.165, 1.54) is 0 Å². The second-order valence-electron chi connectivity index (χ2n) is 6.98. The van der Waals surface area contributed by atoms with Gasteiger partial charge in [0.2, 0.25) is 6.79 Å². The summed E-state index contributed by atoms with van der Waals surface area (Å²) in [6.07, 6.45) is 1.99. The largest absolute Gasteiger partial charge is 0.454 e. The number of aromatic amines is 1. The molecule has 144 valence electrons. The van der Waals surface area contributed by atoms with Gasteiger partial charge in [-0.15, -0.1) is 21.5 Å². The highest BCUT2D eigenvalue weighted by Gasteiger charge is 2.28. The maximum Gasteiger partial charge on any atom is 0.271 e. The highest BCUT2D eigenvalue weighted by atomic mass is 32.1. The second-order valence-corrected chi connectivity index (χ2v) is 8.20. The molecule has 0 radical (unpaired) electrons. The van der Waals surface area contributed by atoms with E-state index in [2.05, 4.69) is 20.4 Å². The minimum Gasteiger partial charge on any atom is -0.454 e. The third-order valence-electron chi connectivity index (χ3n) is 5.08. The number of nitrogens with zero attached hydrogens (tertiary/aromatic N) is 4. The van der Waals surface area contributed by atoms with Gasteiger partial charge >= 0.3 is 0 Å². The molecular weight excluding hydrogens is 378 g/mol. The summed E-state index contributed by atoms with van der Waals surface area (Å²) >= 11 is 1.61. The minimum atomic E-state index is -0.0366. The van der Waals surface area contributed by atoms with Crippen LogP contribution in [0.3, 0.4) is 0 Å². The van der Waals surface area contributed by atoms with Crippen LogP contribution in [-0.2, 0) is 0 Å².